The van der Waals surface area contributed by atoms with Gasteiger partial charge >= 0.3 is 0 Å². The number of carbonyl (C=O) groups is 2. The lowest BCUT2D eigenvalue weighted by Crippen LogP contribution is -2.55. The van der Waals surface area contributed by atoms with E-state index in [2.05, 4.69) is 15.1 Å². The number of ketones is 1. The molecule has 1 saturated heterocycles. The lowest BCUT2D eigenvalue weighted by atomic mass is 9.95. The van der Waals surface area contributed by atoms with Gasteiger partial charge in [0.1, 0.15) is 0 Å². The molecule has 26 heavy (non-hydrogen) atoms. The molecule has 1 N–H and O–H groups in total. The van der Waals surface area contributed by atoms with Crippen molar-refractivity contribution in [3.63, 3.8) is 0 Å². The summed E-state index contributed by atoms with van der Waals surface area (Å²) < 4.78 is 0. The van der Waals surface area contributed by atoms with E-state index < -0.39 is 0 Å². The van der Waals surface area contributed by atoms with Crippen LogP contribution in [0.4, 0.5) is 5.69 Å². The molecule has 1 atom stereocenters. The van der Waals surface area contributed by atoms with Crippen molar-refractivity contribution in [3.8, 4) is 0 Å². The van der Waals surface area contributed by atoms with Gasteiger partial charge in [-0.1, -0.05) is 19.3 Å². The van der Waals surface area contributed by atoms with E-state index in [1.54, 1.807) is 6.92 Å². The average Bonchev–Trinajstić information content (AvgIpc) is 2.68. The van der Waals surface area contributed by atoms with Crippen molar-refractivity contribution in [3.05, 3.63) is 29.8 Å². The number of Topliss-reactive ketones (excluding diaryl/α,β-unsaturated/α-hetero) is 1. The number of hydrogen-bond donors (Lipinski definition) is 1. The molecule has 142 valence electrons. The predicted octanol–water partition coefficient (Wildman–Crippen LogP) is 2.85. The molecule has 1 aromatic carbocycles. The first-order valence-electron chi connectivity index (χ1n) is 9.95. The largest absolute Gasteiger partial charge is 0.369 e. The van der Waals surface area contributed by atoms with Crippen LogP contribution >= 0.6 is 0 Å². The molecule has 5 heteroatoms. The van der Waals surface area contributed by atoms with Gasteiger partial charge in [0, 0.05) is 43.5 Å². The Labute approximate surface area is 156 Å². The third-order valence-corrected chi connectivity index (χ3v) is 5.83. The summed E-state index contributed by atoms with van der Waals surface area (Å²) in [6, 6.07) is 8.13. The Hall–Kier alpha value is -1.88. The van der Waals surface area contributed by atoms with Crippen molar-refractivity contribution in [1.82, 2.24) is 10.2 Å². The third-order valence-electron chi connectivity index (χ3n) is 5.83. The van der Waals surface area contributed by atoms with Crippen LogP contribution in [-0.4, -0.2) is 54.9 Å². The molecule has 3 rings (SSSR count). The molecule has 2 fully saturated rings. The second-order valence-corrected chi connectivity index (χ2v) is 7.65. The fourth-order valence-electron chi connectivity index (χ4n) is 4.01. The van der Waals surface area contributed by atoms with Crippen molar-refractivity contribution in [2.24, 2.45) is 0 Å². The number of hydrogen-bond acceptors (Lipinski definition) is 4. The monoisotopic (exact) mass is 357 g/mol. The highest BCUT2D eigenvalue weighted by atomic mass is 16.2. The van der Waals surface area contributed by atoms with Crippen molar-refractivity contribution in [2.45, 2.75) is 58.0 Å². The number of piperazine rings is 1. The molecule has 0 bridgehead atoms. The van der Waals surface area contributed by atoms with Crippen LogP contribution < -0.4 is 10.2 Å². The molecule has 1 saturated carbocycles. The van der Waals surface area contributed by atoms with Crippen molar-refractivity contribution in [2.75, 3.05) is 31.1 Å². The van der Waals surface area contributed by atoms with Crippen LogP contribution in [-0.2, 0) is 4.79 Å². The maximum atomic E-state index is 12.6. The van der Waals surface area contributed by atoms with Crippen LogP contribution in [0, 0.1) is 0 Å². The quantitative estimate of drug-likeness (QED) is 0.824. The van der Waals surface area contributed by atoms with E-state index in [1.165, 1.54) is 19.3 Å². The van der Waals surface area contributed by atoms with Crippen molar-refractivity contribution >= 4 is 17.4 Å². The smallest absolute Gasteiger partial charge is 0.237 e. The summed E-state index contributed by atoms with van der Waals surface area (Å²) in [5.74, 6) is 0.273. The number of benzene rings is 1. The van der Waals surface area contributed by atoms with Crippen LogP contribution in [0.3, 0.4) is 0 Å². The minimum atomic E-state index is -0.0702. The van der Waals surface area contributed by atoms with E-state index in [9.17, 15) is 9.59 Å². The maximum Gasteiger partial charge on any atom is 0.237 e. The topological polar surface area (TPSA) is 52.7 Å². The fourth-order valence-corrected chi connectivity index (χ4v) is 4.01. The zero-order valence-corrected chi connectivity index (χ0v) is 16.0. The second kappa shape index (κ2) is 8.67. The first-order chi connectivity index (χ1) is 12.5. The molecule has 0 spiro atoms. The highest BCUT2D eigenvalue weighted by Gasteiger charge is 2.27. The van der Waals surface area contributed by atoms with Crippen LogP contribution in [0.25, 0.3) is 0 Å². The highest BCUT2D eigenvalue weighted by molar-refractivity contribution is 5.94. The summed E-state index contributed by atoms with van der Waals surface area (Å²) in [7, 11) is 0. The predicted molar refractivity (Wildman–Crippen MR) is 105 cm³/mol. The summed E-state index contributed by atoms with van der Waals surface area (Å²) in [4.78, 5) is 28.6. The SMILES string of the molecule is CC(=O)c1ccc(N2CCN([C@H](C)C(=O)NC3CCCCC3)CC2)cc1. The Bertz CT molecular complexity index is 615. The van der Waals surface area contributed by atoms with Crippen molar-refractivity contribution < 1.29 is 9.59 Å². The van der Waals surface area contributed by atoms with Crippen LogP contribution in [0.2, 0.25) is 0 Å². The van der Waals surface area contributed by atoms with E-state index in [1.807, 2.05) is 31.2 Å². The molecule has 1 amide bonds. The van der Waals surface area contributed by atoms with Gasteiger partial charge in [-0.2, -0.15) is 0 Å². The van der Waals surface area contributed by atoms with E-state index in [0.717, 1.165) is 50.3 Å². The van der Waals surface area contributed by atoms with Gasteiger partial charge in [-0.3, -0.25) is 14.5 Å². The van der Waals surface area contributed by atoms with E-state index in [-0.39, 0.29) is 17.7 Å². The molecule has 1 aliphatic heterocycles. The zero-order chi connectivity index (χ0) is 18.5. The number of nitrogens with one attached hydrogen (secondary N) is 1. The van der Waals surface area contributed by atoms with Gasteiger partial charge in [0.15, 0.2) is 5.78 Å². The molecule has 1 aliphatic carbocycles. The Morgan fingerprint density at radius 1 is 1.00 bits per heavy atom. The highest BCUT2D eigenvalue weighted by Crippen LogP contribution is 2.20. The molecule has 0 unspecified atom stereocenters. The number of carbonyl (C=O) groups excluding carboxylic acids is 2. The number of rotatable bonds is 5. The Morgan fingerprint density at radius 3 is 2.19 bits per heavy atom. The average molecular weight is 357 g/mol. The third kappa shape index (κ3) is 4.64. The molecule has 0 radical (unpaired) electrons. The Balaban J connectivity index is 1.49. The second-order valence-electron chi connectivity index (χ2n) is 7.65. The number of anilines is 1. The number of amides is 1. The Morgan fingerprint density at radius 2 is 1.62 bits per heavy atom. The normalized spacial score (nSPS) is 20.6. The summed E-state index contributed by atoms with van der Waals surface area (Å²) >= 11 is 0. The minimum Gasteiger partial charge on any atom is -0.369 e. The van der Waals surface area contributed by atoms with Gasteiger partial charge < -0.3 is 10.2 Å². The lowest BCUT2D eigenvalue weighted by Gasteiger charge is -2.39. The van der Waals surface area contributed by atoms with Gasteiger partial charge in [-0.25, -0.2) is 0 Å². The van der Waals surface area contributed by atoms with Gasteiger partial charge in [0.2, 0.25) is 5.91 Å². The molecule has 1 aromatic rings. The summed E-state index contributed by atoms with van der Waals surface area (Å²) in [5.41, 5.74) is 1.90. The van der Waals surface area contributed by atoms with E-state index in [4.69, 9.17) is 0 Å². The maximum absolute atomic E-state index is 12.6. The summed E-state index contributed by atoms with van der Waals surface area (Å²) in [5, 5.41) is 3.25. The molecule has 1 heterocycles. The van der Waals surface area contributed by atoms with Crippen molar-refractivity contribution in [1.29, 1.82) is 0 Å². The fraction of sp³-hybridized carbons (Fsp3) is 0.619. The molecule has 2 aliphatic rings. The molecular weight excluding hydrogens is 326 g/mol. The lowest BCUT2D eigenvalue weighted by molar-refractivity contribution is -0.127. The Kier molecular flexibility index (Phi) is 6.30. The summed E-state index contributed by atoms with van der Waals surface area (Å²) in [6.45, 7) is 7.19. The molecule has 0 aromatic heterocycles. The van der Waals surface area contributed by atoms with Crippen LogP contribution in [0.15, 0.2) is 24.3 Å². The first-order valence-corrected chi connectivity index (χ1v) is 9.95. The van der Waals surface area contributed by atoms with E-state index in [0.29, 0.717) is 6.04 Å². The molecule has 5 nitrogen and oxygen atoms in total. The first kappa shape index (κ1) is 18.9. The molecular formula is C21H31N3O2. The number of nitrogens with zero attached hydrogens (tertiary/aromatic N) is 2. The standard InChI is InChI=1S/C21H31N3O2/c1-16(21(26)22-19-6-4-3-5-7-19)23-12-14-24(15-13-23)20-10-8-18(9-11-20)17(2)25/h8-11,16,19H,3-7,12-15H2,1-2H3,(H,22,26)/t16-/m1/s1. The van der Waals surface area contributed by atoms with Gasteiger partial charge in [0.25, 0.3) is 0 Å². The van der Waals surface area contributed by atoms with Crippen LogP contribution in [0.5, 0.6) is 0 Å². The van der Waals surface area contributed by atoms with Gasteiger partial charge in [0.05, 0.1) is 6.04 Å². The zero-order valence-electron chi connectivity index (χ0n) is 16.0. The van der Waals surface area contributed by atoms with Gasteiger partial charge in [-0.05, 0) is 51.0 Å². The summed E-state index contributed by atoms with van der Waals surface area (Å²) in [6.07, 6.45) is 6.03. The minimum absolute atomic E-state index is 0.0702. The van der Waals surface area contributed by atoms with E-state index >= 15 is 0 Å². The van der Waals surface area contributed by atoms with Crippen LogP contribution in [0.1, 0.15) is 56.3 Å². The van der Waals surface area contributed by atoms with Gasteiger partial charge in [-0.15, -0.1) is 0 Å².